The summed E-state index contributed by atoms with van der Waals surface area (Å²) in [6.45, 7) is 1.67. The maximum atomic E-state index is 12.3. The Morgan fingerprint density at radius 1 is 1.19 bits per heavy atom. The summed E-state index contributed by atoms with van der Waals surface area (Å²) >= 11 is 0. The smallest absolute Gasteiger partial charge is 0.338 e. The molecule has 0 saturated carbocycles. The molecule has 1 atom stereocenters. The second-order valence-corrected chi connectivity index (χ2v) is 8.11. The van der Waals surface area contributed by atoms with E-state index in [0.29, 0.717) is 24.5 Å². The first kappa shape index (κ1) is 20.0. The van der Waals surface area contributed by atoms with Crippen molar-refractivity contribution in [2.24, 2.45) is 0 Å². The molecular formula is C17H23NO7S. The van der Waals surface area contributed by atoms with Gasteiger partial charge in [0, 0.05) is 12.6 Å². The summed E-state index contributed by atoms with van der Waals surface area (Å²) in [4.78, 5) is 26.0. The molecule has 8 nitrogen and oxygen atoms in total. The third-order valence-electron chi connectivity index (χ3n) is 4.26. The normalized spacial score (nSPS) is 18.2. The highest BCUT2D eigenvalue weighted by Gasteiger charge is 2.34. The predicted molar refractivity (Wildman–Crippen MR) is 94.3 cm³/mol. The van der Waals surface area contributed by atoms with Crippen LogP contribution in [-0.2, 0) is 19.4 Å². The molecule has 0 bridgehead atoms. The quantitative estimate of drug-likeness (QED) is 0.643. The van der Waals surface area contributed by atoms with Gasteiger partial charge in [-0.3, -0.25) is 4.79 Å². The first-order valence-corrected chi connectivity index (χ1v) is 10.0. The van der Waals surface area contributed by atoms with Crippen LogP contribution in [0.25, 0.3) is 0 Å². The minimum atomic E-state index is -3.10. The molecule has 1 unspecified atom stereocenters. The molecule has 2 rings (SSSR count). The van der Waals surface area contributed by atoms with Crippen LogP contribution in [0.3, 0.4) is 0 Å². The van der Waals surface area contributed by atoms with Crippen LogP contribution in [0.5, 0.6) is 11.5 Å². The summed E-state index contributed by atoms with van der Waals surface area (Å²) in [6.07, 6.45) is 0.408. The van der Waals surface area contributed by atoms with E-state index in [0.717, 1.165) is 0 Å². The van der Waals surface area contributed by atoms with Crippen LogP contribution in [0, 0.1) is 0 Å². The van der Waals surface area contributed by atoms with Crippen molar-refractivity contribution in [3.05, 3.63) is 23.8 Å². The van der Waals surface area contributed by atoms with Gasteiger partial charge >= 0.3 is 5.97 Å². The lowest BCUT2D eigenvalue weighted by Crippen LogP contribution is -2.43. The number of sulfone groups is 1. The number of hydrogen-bond acceptors (Lipinski definition) is 7. The minimum absolute atomic E-state index is 0.0454. The molecule has 1 aliphatic heterocycles. The van der Waals surface area contributed by atoms with Crippen molar-refractivity contribution in [1.82, 2.24) is 4.90 Å². The van der Waals surface area contributed by atoms with Gasteiger partial charge in [-0.1, -0.05) is 0 Å². The van der Waals surface area contributed by atoms with E-state index >= 15 is 0 Å². The Labute approximate surface area is 152 Å². The van der Waals surface area contributed by atoms with E-state index in [4.69, 9.17) is 14.2 Å². The molecular weight excluding hydrogens is 362 g/mol. The molecule has 0 spiro atoms. The van der Waals surface area contributed by atoms with Crippen LogP contribution in [0.1, 0.15) is 23.7 Å². The van der Waals surface area contributed by atoms with Crippen LogP contribution in [-0.4, -0.2) is 70.1 Å². The Hall–Kier alpha value is -2.29. The third kappa shape index (κ3) is 4.66. The van der Waals surface area contributed by atoms with Gasteiger partial charge in [-0.2, -0.15) is 0 Å². The van der Waals surface area contributed by atoms with Gasteiger partial charge in [0.05, 0.1) is 31.3 Å². The van der Waals surface area contributed by atoms with Gasteiger partial charge < -0.3 is 19.1 Å². The molecule has 1 fully saturated rings. The van der Waals surface area contributed by atoms with Crippen molar-refractivity contribution < 1.29 is 32.2 Å². The fourth-order valence-corrected chi connectivity index (χ4v) is 4.65. The number of esters is 1. The van der Waals surface area contributed by atoms with Gasteiger partial charge in [0.2, 0.25) is 0 Å². The first-order chi connectivity index (χ1) is 12.3. The minimum Gasteiger partial charge on any atom is -0.493 e. The number of hydrogen-bond donors (Lipinski definition) is 0. The van der Waals surface area contributed by atoms with Gasteiger partial charge in [0.15, 0.2) is 27.9 Å². The van der Waals surface area contributed by atoms with Crippen molar-refractivity contribution >= 4 is 21.7 Å². The zero-order valence-corrected chi connectivity index (χ0v) is 15.9. The highest BCUT2D eigenvalue weighted by molar-refractivity contribution is 7.91. The van der Waals surface area contributed by atoms with E-state index in [-0.39, 0.29) is 23.1 Å². The number of carbonyl (C=O) groups is 2. The van der Waals surface area contributed by atoms with Gasteiger partial charge in [-0.25, -0.2) is 13.2 Å². The summed E-state index contributed by atoms with van der Waals surface area (Å²) in [5, 5.41) is 0. The lowest BCUT2D eigenvalue weighted by Gasteiger charge is -2.26. The fraction of sp³-hybridized carbons (Fsp3) is 0.529. The number of likely N-dealkylation sites (N-methyl/N-ethyl adjacent to an activating group) is 1. The van der Waals surface area contributed by atoms with Crippen LogP contribution in [0.4, 0.5) is 0 Å². The molecule has 1 saturated heterocycles. The van der Waals surface area contributed by atoms with Crippen LogP contribution >= 0.6 is 0 Å². The monoisotopic (exact) mass is 385 g/mol. The number of carbonyl (C=O) groups excluding carboxylic acids is 2. The van der Waals surface area contributed by atoms with E-state index in [1.807, 2.05) is 0 Å². The Morgan fingerprint density at radius 3 is 2.42 bits per heavy atom. The molecule has 0 radical (unpaired) electrons. The molecule has 0 aromatic heterocycles. The van der Waals surface area contributed by atoms with E-state index in [2.05, 4.69) is 0 Å². The second-order valence-electron chi connectivity index (χ2n) is 5.88. The Balaban J connectivity index is 1.98. The average molecular weight is 385 g/mol. The van der Waals surface area contributed by atoms with Crippen LogP contribution in [0.15, 0.2) is 18.2 Å². The van der Waals surface area contributed by atoms with E-state index in [1.165, 1.54) is 31.3 Å². The van der Waals surface area contributed by atoms with Crippen molar-refractivity contribution in [2.45, 2.75) is 19.4 Å². The standard InChI is InChI=1S/C17H23NO7S/c1-4-18(13-7-8-26(21,22)11-13)16(19)10-25-17(20)12-5-6-14(23-2)15(9-12)24-3/h5-6,9,13H,4,7-8,10-11H2,1-3H3. The molecule has 9 heteroatoms. The zero-order valence-electron chi connectivity index (χ0n) is 15.1. The SMILES string of the molecule is CCN(C(=O)COC(=O)c1ccc(OC)c(OC)c1)C1CCS(=O)(=O)C1. The van der Waals surface area contributed by atoms with E-state index in [1.54, 1.807) is 13.0 Å². The molecule has 0 N–H and O–H groups in total. The summed E-state index contributed by atoms with van der Waals surface area (Å²) in [5.41, 5.74) is 0.224. The topological polar surface area (TPSA) is 99.2 Å². The molecule has 26 heavy (non-hydrogen) atoms. The van der Waals surface area contributed by atoms with Crippen molar-refractivity contribution in [3.63, 3.8) is 0 Å². The Bertz CT molecular complexity index is 775. The zero-order chi connectivity index (χ0) is 19.3. The fourth-order valence-electron chi connectivity index (χ4n) is 2.92. The summed E-state index contributed by atoms with van der Waals surface area (Å²) in [5.74, 6) is -0.208. The van der Waals surface area contributed by atoms with Gasteiger partial charge in [0.25, 0.3) is 5.91 Å². The van der Waals surface area contributed by atoms with Gasteiger partial charge in [-0.05, 0) is 31.5 Å². The lowest BCUT2D eigenvalue weighted by atomic mass is 10.2. The van der Waals surface area contributed by atoms with E-state index < -0.39 is 28.3 Å². The highest BCUT2D eigenvalue weighted by Crippen LogP contribution is 2.27. The van der Waals surface area contributed by atoms with Crippen LogP contribution < -0.4 is 9.47 Å². The molecule has 1 aliphatic rings. The lowest BCUT2D eigenvalue weighted by molar-refractivity contribution is -0.136. The molecule has 1 aromatic rings. The Morgan fingerprint density at radius 2 is 1.88 bits per heavy atom. The van der Waals surface area contributed by atoms with Gasteiger partial charge in [0.1, 0.15) is 0 Å². The van der Waals surface area contributed by atoms with Gasteiger partial charge in [-0.15, -0.1) is 0 Å². The number of nitrogens with zero attached hydrogens (tertiary/aromatic N) is 1. The van der Waals surface area contributed by atoms with Crippen molar-refractivity contribution in [2.75, 3.05) is 38.9 Å². The molecule has 0 aliphatic carbocycles. The van der Waals surface area contributed by atoms with Crippen molar-refractivity contribution in [3.8, 4) is 11.5 Å². The maximum absolute atomic E-state index is 12.3. The second kappa shape index (κ2) is 8.39. The average Bonchev–Trinajstić information content (AvgIpc) is 2.99. The van der Waals surface area contributed by atoms with Crippen LogP contribution in [0.2, 0.25) is 0 Å². The highest BCUT2D eigenvalue weighted by atomic mass is 32.2. The summed E-state index contributed by atoms with van der Waals surface area (Å²) in [7, 11) is -0.167. The number of amides is 1. The molecule has 1 amide bonds. The predicted octanol–water partition coefficient (Wildman–Crippen LogP) is 0.896. The number of methoxy groups -OCH3 is 2. The molecule has 1 aromatic carbocycles. The first-order valence-electron chi connectivity index (χ1n) is 8.20. The van der Waals surface area contributed by atoms with Crippen molar-refractivity contribution in [1.29, 1.82) is 0 Å². The number of ether oxygens (including phenoxy) is 3. The summed E-state index contributed by atoms with van der Waals surface area (Å²) < 4.78 is 38.5. The maximum Gasteiger partial charge on any atom is 0.338 e. The van der Waals surface area contributed by atoms with E-state index in [9.17, 15) is 18.0 Å². The number of rotatable bonds is 7. The Kier molecular flexibility index (Phi) is 6.47. The summed E-state index contributed by atoms with van der Waals surface area (Å²) in [6, 6.07) is 4.18. The number of benzene rings is 1. The molecule has 144 valence electrons. The molecule has 1 heterocycles. The third-order valence-corrected chi connectivity index (χ3v) is 6.01. The largest absolute Gasteiger partial charge is 0.493 e.